The van der Waals surface area contributed by atoms with E-state index < -0.39 is 0 Å². The summed E-state index contributed by atoms with van der Waals surface area (Å²) in [5, 5.41) is 1.10. The van der Waals surface area contributed by atoms with E-state index in [1.807, 2.05) is 0 Å². The summed E-state index contributed by atoms with van der Waals surface area (Å²) in [5.41, 5.74) is 2.97. The minimum absolute atomic E-state index is 0.0690. The lowest BCUT2D eigenvalue weighted by Crippen LogP contribution is -2.21. The number of nitrogens with zero attached hydrogens (tertiary/aromatic N) is 2. The highest BCUT2D eigenvalue weighted by atomic mass is 35.5. The van der Waals surface area contributed by atoms with Crippen molar-refractivity contribution >= 4 is 22.5 Å². The number of aromatic nitrogens is 2. The molecule has 1 heterocycles. The maximum absolute atomic E-state index is 12.5. The molecule has 0 radical (unpaired) electrons. The Morgan fingerprint density at radius 2 is 1.86 bits per heavy atom. The van der Waals surface area contributed by atoms with E-state index >= 15 is 0 Å². The standard InChI is InChI=1S/C18H17ClN2O/c1-12(2)14-5-3-13(4-6-14)10-21-11-20-17-8-7-15(19)9-16(17)18(21)22/h3-9,11-12H,10H2,1-2H3. The van der Waals surface area contributed by atoms with Crippen LogP contribution >= 0.6 is 11.6 Å². The number of rotatable bonds is 3. The van der Waals surface area contributed by atoms with E-state index in [2.05, 4.69) is 43.1 Å². The minimum atomic E-state index is -0.0690. The Bertz CT molecular complexity index is 866. The van der Waals surface area contributed by atoms with Gasteiger partial charge in [0.15, 0.2) is 0 Å². The quantitative estimate of drug-likeness (QED) is 0.725. The average molecular weight is 313 g/mol. The van der Waals surface area contributed by atoms with Crippen LogP contribution in [0.5, 0.6) is 0 Å². The zero-order chi connectivity index (χ0) is 15.7. The number of benzene rings is 2. The highest BCUT2D eigenvalue weighted by Gasteiger charge is 2.06. The second-order valence-corrected chi connectivity index (χ2v) is 6.17. The van der Waals surface area contributed by atoms with Gasteiger partial charge in [-0.2, -0.15) is 0 Å². The second-order valence-electron chi connectivity index (χ2n) is 5.74. The third kappa shape index (κ3) is 2.90. The zero-order valence-corrected chi connectivity index (χ0v) is 13.3. The van der Waals surface area contributed by atoms with Crippen molar-refractivity contribution in [3.8, 4) is 0 Å². The molecule has 0 saturated carbocycles. The SMILES string of the molecule is CC(C)c1ccc(Cn2cnc3ccc(Cl)cc3c2=O)cc1. The van der Waals surface area contributed by atoms with Crippen molar-refractivity contribution < 1.29 is 0 Å². The van der Waals surface area contributed by atoms with Gasteiger partial charge in [-0.1, -0.05) is 49.7 Å². The van der Waals surface area contributed by atoms with Crippen LogP contribution < -0.4 is 5.56 Å². The van der Waals surface area contributed by atoms with Crippen molar-refractivity contribution in [2.75, 3.05) is 0 Å². The number of hydrogen-bond acceptors (Lipinski definition) is 2. The molecule has 0 unspecified atom stereocenters. The zero-order valence-electron chi connectivity index (χ0n) is 12.6. The lowest BCUT2D eigenvalue weighted by molar-refractivity contribution is 0.747. The van der Waals surface area contributed by atoms with Crippen molar-refractivity contribution in [2.24, 2.45) is 0 Å². The van der Waals surface area contributed by atoms with E-state index in [1.165, 1.54) is 5.56 Å². The Kier molecular flexibility index (Phi) is 3.99. The summed E-state index contributed by atoms with van der Waals surface area (Å²) in [6.07, 6.45) is 1.59. The van der Waals surface area contributed by atoms with Gasteiger partial charge in [-0.3, -0.25) is 9.36 Å². The van der Waals surface area contributed by atoms with Crippen LogP contribution in [-0.2, 0) is 6.54 Å². The summed E-state index contributed by atoms with van der Waals surface area (Å²) >= 11 is 5.97. The topological polar surface area (TPSA) is 34.9 Å². The Morgan fingerprint density at radius 1 is 1.14 bits per heavy atom. The van der Waals surface area contributed by atoms with Gasteiger partial charge in [-0.25, -0.2) is 4.98 Å². The van der Waals surface area contributed by atoms with Gasteiger partial charge in [0.2, 0.25) is 0 Å². The molecule has 0 aliphatic rings. The normalized spacial score (nSPS) is 11.3. The van der Waals surface area contributed by atoms with E-state index in [-0.39, 0.29) is 5.56 Å². The van der Waals surface area contributed by atoms with Crippen molar-refractivity contribution in [1.29, 1.82) is 0 Å². The van der Waals surface area contributed by atoms with E-state index in [4.69, 9.17) is 11.6 Å². The molecule has 0 aliphatic heterocycles. The van der Waals surface area contributed by atoms with Crippen molar-refractivity contribution in [2.45, 2.75) is 26.3 Å². The van der Waals surface area contributed by atoms with Crippen LogP contribution in [0.25, 0.3) is 10.9 Å². The van der Waals surface area contributed by atoms with Crippen LogP contribution in [0.3, 0.4) is 0 Å². The van der Waals surface area contributed by atoms with Gasteiger partial charge < -0.3 is 0 Å². The van der Waals surface area contributed by atoms with E-state index in [0.29, 0.717) is 28.4 Å². The molecule has 3 nitrogen and oxygen atoms in total. The second kappa shape index (κ2) is 5.93. The molecule has 0 bridgehead atoms. The molecule has 0 fully saturated rings. The first-order valence-corrected chi connectivity index (χ1v) is 7.66. The fourth-order valence-electron chi connectivity index (χ4n) is 2.45. The van der Waals surface area contributed by atoms with Crippen molar-refractivity contribution in [3.05, 3.63) is 75.3 Å². The smallest absolute Gasteiger partial charge is 0.261 e. The van der Waals surface area contributed by atoms with E-state index in [1.54, 1.807) is 29.1 Å². The molecule has 112 valence electrons. The number of fused-ring (bicyclic) bond motifs is 1. The number of hydrogen-bond donors (Lipinski definition) is 0. The molecule has 1 aromatic heterocycles. The Morgan fingerprint density at radius 3 is 2.55 bits per heavy atom. The lowest BCUT2D eigenvalue weighted by Gasteiger charge is -2.09. The molecule has 2 aromatic carbocycles. The maximum Gasteiger partial charge on any atom is 0.261 e. The monoisotopic (exact) mass is 312 g/mol. The largest absolute Gasteiger partial charge is 0.294 e. The van der Waals surface area contributed by atoms with Crippen LogP contribution in [0.1, 0.15) is 30.9 Å². The van der Waals surface area contributed by atoms with Gasteiger partial charge in [-0.05, 0) is 35.2 Å². The van der Waals surface area contributed by atoms with Gasteiger partial charge in [0.05, 0.1) is 23.8 Å². The van der Waals surface area contributed by atoms with Gasteiger partial charge in [0.1, 0.15) is 0 Å². The molecular weight excluding hydrogens is 296 g/mol. The summed E-state index contributed by atoms with van der Waals surface area (Å²) in [5.74, 6) is 0.501. The molecule has 0 amide bonds. The molecule has 0 N–H and O–H groups in total. The molecule has 4 heteroatoms. The third-order valence-corrected chi connectivity index (χ3v) is 4.02. The van der Waals surface area contributed by atoms with Gasteiger partial charge in [0.25, 0.3) is 5.56 Å². The Hall–Kier alpha value is -2.13. The fourth-order valence-corrected chi connectivity index (χ4v) is 2.62. The first-order valence-electron chi connectivity index (χ1n) is 7.28. The molecule has 3 rings (SSSR count). The average Bonchev–Trinajstić information content (AvgIpc) is 2.51. The minimum Gasteiger partial charge on any atom is -0.294 e. The predicted molar refractivity (Wildman–Crippen MR) is 90.6 cm³/mol. The van der Waals surface area contributed by atoms with Gasteiger partial charge in [0, 0.05) is 5.02 Å². The van der Waals surface area contributed by atoms with Gasteiger partial charge >= 0.3 is 0 Å². The van der Waals surface area contributed by atoms with E-state index in [9.17, 15) is 4.79 Å². The summed E-state index contributed by atoms with van der Waals surface area (Å²) < 4.78 is 1.61. The van der Waals surface area contributed by atoms with Crippen LogP contribution in [-0.4, -0.2) is 9.55 Å². The third-order valence-electron chi connectivity index (χ3n) is 3.79. The Balaban J connectivity index is 1.97. The molecular formula is C18H17ClN2O. The molecule has 22 heavy (non-hydrogen) atoms. The van der Waals surface area contributed by atoms with Crippen LogP contribution in [0.15, 0.2) is 53.6 Å². The van der Waals surface area contributed by atoms with Crippen LogP contribution in [0, 0.1) is 0 Å². The first kappa shape index (κ1) is 14.8. The first-order chi connectivity index (χ1) is 10.5. The van der Waals surface area contributed by atoms with Crippen LogP contribution in [0.2, 0.25) is 5.02 Å². The highest BCUT2D eigenvalue weighted by Crippen LogP contribution is 2.16. The summed E-state index contributed by atoms with van der Waals surface area (Å²) in [4.78, 5) is 16.9. The molecule has 3 aromatic rings. The van der Waals surface area contributed by atoms with Crippen molar-refractivity contribution in [1.82, 2.24) is 9.55 Å². The molecule has 0 atom stereocenters. The predicted octanol–water partition coefficient (Wildman–Crippen LogP) is 4.22. The van der Waals surface area contributed by atoms with E-state index in [0.717, 1.165) is 5.56 Å². The summed E-state index contributed by atoms with van der Waals surface area (Å²) in [6, 6.07) is 13.5. The maximum atomic E-state index is 12.5. The summed E-state index contributed by atoms with van der Waals surface area (Å²) in [7, 11) is 0. The van der Waals surface area contributed by atoms with Crippen LogP contribution in [0.4, 0.5) is 0 Å². The fraction of sp³-hybridized carbons (Fsp3) is 0.222. The molecule has 0 aliphatic carbocycles. The Labute approximate surface area is 134 Å². The van der Waals surface area contributed by atoms with Crippen molar-refractivity contribution in [3.63, 3.8) is 0 Å². The number of halogens is 1. The molecule has 0 saturated heterocycles. The molecule has 0 spiro atoms. The lowest BCUT2D eigenvalue weighted by atomic mass is 10.0. The van der Waals surface area contributed by atoms with Gasteiger partial charge in [-0.15, -0.1) is 0 Å². The highest BCUT2D eigenvalue weighted by molar-refractivity contribution is 6.31. The summed E-state index contributed by atoms with van der Waals surface area (Å²) in [6.45, 7) is 4.83.